The van der Waals surface area contributed by atoms with Crippen LogP contribution in [0.15, 0.2) is 30.3 Å². The Hall–Kier alpha value is -2.04. The van der Waals surface area contributed by atoms with Crippen molar-refractivity contribution in [2.75, 3.05) is 20.1 Å². The van der Waals surface area contributed by atoms with Gasteiger partial charge in [-0.3, -0.25) is 4.79 Å². The lowest BCUT2D eigenvalue weighted by Crippen LogP contribution is -2.48. The minimum atomic E-state index is -0.0246. The number of urea groups is 1. The van der Waals surface area contributed by atoms with Crippen molar-refractivity contribution < 1.29 is 9.59 Å². The third-order valence-corrected chi connectivity index (χ3v) is 5.06. The van der Waals surface area contributed by atoms with Gasteiger partial charge in [0, 0.05) is 37.8 Å². The molecule has 1 aliphatic heterocycles. The first kappa shape index (κ1) is 15.8. The average molecular weight is 315 g/mol. The van der Waals surface area contributed by atoms with Crippen molar-refractivity contribution in [3.8, 4) is 0 Å². The second-order valence-electron chi connectivity index (χ2n) is 6.74. The van der Waals surface area contributed by atoms with Crippen LogP contribution < -0.4 is 5.32 Å². The number of benzene rings is 1. The van der Waals surface area contributed by atoms with E-state index in [2.05, 4.69) is 12.2 Å². The van der Waals surface area contributed by atoms with E-state index in [9.17, 15) is 9.59 Å². The van der Waals surface area contributed by atoms with E-state index in [-0.39, 0.29) is 18.0 Å². The molecule has 1 saturated carbocycles. The lowest BCUT2D eigenvalue weighted by atomic mass is 10.2. The molecule has 0 spiro atoms. The Kier molecular flexibility index (Phi) is 4.55. The highest BCUT2D eigenvalue weighted by atomic mass is 16.2. The summed E-state index contributed by atoms with van der Waals surface area (Å²) in [6.07, 6.45) is 3.26. The molecular formula is C18H25N3O2. The molecule has 1 N–H and O–H groups in total. The lowest BCUT2D eigenvalue weighted by molar-refractivity contribution is 0.0788. The molecule has 2 atom stereocenters. The normalized spacial score (nSPS) is 21.8. The van der Waals surface area contributed by atoms with Crippen LogP contribution in [0.4, 0.5) is 4.79 Å². The minimum absolute atomic E-state index is 0.0246. The van der Waals surface area contributed by atoms with Gasteiger partial charge in [-0.1, -0.05) is 18.2 Å². The molecule has 1 aromatic carbocycles. The molecule has 124 valence electrons. The van der Waals surface area contributed by atoms with Crippen LogP contribution in [0.2, 0.25) is 0 Å². The number of likely N-dealkylation sites (tertiary alicyclic amines) is 1. The van der Waals surface area contributed by atoms with Crippen LogP contribution >= 0.6 is 0 Å². The first-order valence-corrected chi connectivity index (χ1v) is 8.44. The summed E-state index contributed by atoms with van der Waals surface area (Å²) in [7, 11) is 1.86. The Morgan fingerprint density at radius 3 is 2.57 bits per heavy atom. The first-order chi connectivity index (χ1) is 11.1. The Bertz CT molecular complexity index is 571. The number of carbonyl (C=O) groups is 2. The number of nitrogens with zero attached hydrogens (tertiary/aromatic N) is 2. The number of nitrogens with one attached hydrogen (secondary N) is 1. The van der Waals surface area contributed by atoms with Gasteiger partial charge in [0.1, 0.15) is 0 Å². The van der Waals surface area contributed by atoms with Crippen LogP contribution in [-0.2, 0) is 0 Å². The highest BCUT2D eigenvalue weighted by Crippen LogP contribution is 2.34. The van der Waals surface area contributed by atoms with Crippen LogP contribution in [0, 0.1) is 5.92 Å². The number of carbonyl (C=O) groups excluding carboxylic acids is 2. The molecule has 2 aliphatic rings. The third-order valence-electron chi connectivity index (χ3n) is 5.06. The fraction of sp³-hybridized carbons (Fsp3) is 0.556. The smallest absolute Gasteiger partial charge is 0.317 e. The van der Waals surface area contributed by atoms with E-state index in [0.717, 1.165) is 6.42 Å². The van der Waals surface area contributed by atoms with Gasteiger partial charge in [0.25, 0.3) is 5.91 Å². The average Bonchev–Trinajstić information content (AvgIpc) is 3.33. The summed E-state index contributed by atoms with van der Waals surface area (Å²) in [4.78, 5) is 28.4. The van der Waals surface area contributed by atoms with Gasteiger partial charge in [0.05, 0.1) is 0 Å². The van der Waals surface area contributed by atoms with Gasteiger partial charge in [-0.05, 0) is 44.2 Å². The molecule has 0 unspecified atom stereocenters. The maximum atomic E-state index is 12.4. The summed E-state index contributed by atoms with van der Waals surface area (Å²) >= 11 is 0. The zero-order chi connectivity index (χ0) is 16.4. The van der Waals surface area contributed by atoms with Gasteiger partial charge in [-0.15, -0.1) is 0 Å². The van der Waals surface area contributed by atoms with Crippen molar-refractivity contribution in [1.29, 1.82) is 0 Å². The summed E-state index contributed by atoms with van der Waals surface area (Å²) < 4.78 is 0. The second-order valence-corrected chi connectivity index (χ2v) is 6.74. The fourth-order valence-corrected chi connectivity index (χ4v) is 3.18. The van der Waals surface area contributed by atoms with E-state index < -0.39 is 0 Å². The minimum Gasteiger partial charge on any atom is -0.337 e. The van der Waals surface area contributed by atoms with Gasteiger partial charge in [-0.2, -0.15) is 0 Å². The van der Waals surface area contributed by atoms with Crippen LogP contribution in [0.25, 0.3) is 0 Å². The van der Waals surface area contributed by atoms with E-state index in [1.54, 1.807) is 4.90 Å². The molecule has 5 nitrogen and oxygen atoms in total. The largest absolute Gasteiger partial charge is 0.337 e. The zero-order valence-electron chi connectivity index (χ0n) is 13.9. The standard InChI is InChI=1S/C18H25N3O2/c1-13(14-8-9-14)20(2)18(23)19-16-10-11-21(12-16)17(22)15-6-4-3-5-7-15/h3-7,13-14,16H,8-12H2,1-2H3,(H,19,23)/t13-,16-/m1/s1. The fourth-order valence-electron chi connectivity index (χ4n) is 3.18. The predicted molar refractivity (Wildman–Crippen MR) is 89.2 cm³/mol. The quantitative estimate of drug-likeness (QED) is 0.927. The molecule has 3 amide bonds. The molecule has 1 aliphatic carbocycles. The topological polar surface area (TPSA) is 52.7 Å². The van der Waals surface area contributed by atoms with Gasteiger partial charge in [-0.25, -0.2) is 4.79 Å². The highest BCUT2D eigenvalue weighted by Gasteiger charge is 2.34. The Balaban J connectivity index is 1.51. The van der Waals surface area contributed by atoms with Crippen molar-refractivity contribution in [3.05, 3.63) is 35.9 Å². The van der Waals surface area contributed by atoms with E-state index in [4.69, 9.17) is 0 Å². The van der Waals surface area contributed by atoms with Crippen molar-refractivity contribution in [2.45, 2.75) is 38.3 Å². The number of hydrogen-bond acceptors (Lipinski definition) is 2. The molecule has 1 heterocycles. The molecular weight excluding hydrogens is 290 g/mol. The summed E-state index contributed by atoms with van der Waals surface area (Å²) in [5.74, 6) is 0.701. The number of hydrogen-bond donors (Lipinski definition) is 1. The predicted octanol–water partition coefficient (Wildman–Crippen LogP) is 2.34. The number of rotatable bonds is 4. The lowest BCUT2D eigenvalue weighted by Gasteiger charge is -2.27. The Morgan fingerprint density at radius 1 is 1.22 bits per heavy atom. The van der Waals surface area contributed by atoms with Gasteiger partial charge >= 0.3 is 6.03 Å². The third kappa shape index (κ3) is 3.66. The molecule has 1 aromatic rings. The molecule has 1 saturated heterocycles. The monoisotopic (exact) mass is 315 g/mol. The van der Waals surface area contributed by atoms with Gasteiger partial charge < -0.3 is 15.1 Å². The number of amides is 3. The Morgan fingerprint density at radius 2 is 1.91 bits per heavy atom. The second kappa shape index (κ2) is 6.60. The molecule has 5 heteroatoms. The summed E-state index contributed by atoms with van der Waals surface area (Å²) in [5.41, 5.74) is 0.707. The Labute approximate surface area is 137 Å². The summed E-state index contributed by atoms with van der Waals surface area (Å²) in [5, 5.41) is 3.07. The van der Waals surface area contributed by atoms with Crippen LogP contribution in [0.1, 0.15) is 36.5 Å². The van der Waals surface area contributed by atoms with E-state index in [1.165, 1.54) is 12.8 Å². The van der Waals surface area contributed by atoms with Crippen LogP contribution in [0.3, 0.4) is 0 Å². The maximum absolute atomic E-state index is 12.4. The van der Waals surface area contributed by atoms with Gasteiger partial charge in [0.15, 0.2) is 0 Å². The molecule has 0 radical (unpaired) electrons. The van der Waals surface area contributed by atoms with Crippen molar-refractivity contribution in [2.24, 2.45) is 5.92 Å². The molecule has 0 bridgehead atoms. The molecule has 23 heavy (non-hydrogen) atoms. The molecule has 3 rings (SSSR count). The van der Waals surface area contributed by atoms with Crippen LogP contribution in [0.5, 0.6) is 0 Å². The SMILES string of the molecule is C[C@H](C1CC1)N(C)C(=O)N[C@@H]1CCN(C(=O)c2ccccc2)C1. The van der Waals surface area contributed by atoms with Crippen molar-refractivity contribution in [1.82, 2.24) is 15.1 Å². The maximum Gasteiger partial charge on any atom is 0.317 e. The summed E-state index contributed by atoms with van der Waals surface area (Å²) in [6, 6.07) is 9.62. The first-order valence-electron chi connectivity index (χ1n) is 8.44. The zero-order valence-corrected chi connectivity index (χ0v) is 13.9. The van der Waals surface area contributed by atoms with E-state index in [0.29, 0.717) is 30.6 Å². The van der Waals surface area contributed by atoms with Gasteiger partial charge in [0.2, 0.25) is 0 Å². The van der Waals surface area contributed by atoms with E-state index >= 15 is 0 Å². The molecule has 0 aromatic heterocycles. The van der Waals surface area contributed by atoms with E-state index in [1.807, 2.05) is 42.3 Å². The van der Waals surface area contributed by atoms with Crippen molar-refractivity contribution >= 4 is 11.9 Å². The molecule has 2 fully saturated rings. The summed E-state index contributed by atoms with van der Waals surface area (Å²) in [6.45, 7) is 3.39. The highest BCUT2D eigenvalue weighted by molar-refractivity contribution is 5.94. The van der Waals surface area contributed by atoms with Crippen LogP contribution in [-0.4, -0.2) is 54.0 Å². The van der Waals surface area contributed by atoms with Crippen molar-refractivity contribution in [3.63, 3.8) is 0 Å².